The number of ether oxygens (including phenoxy) is 2. The molecular weight excluding hydrogens is 254 g/mol. The van der Waals surface area contributed by atoms with E-state index in [9.17, 15) is 4.79 Å². The van der Waals surface area contributed by atoms with Crippen LogP contribution in [-0.4, -0.2) is 31.6 Å². The lowest BCUT2D eigenvalue weighted by molar-refractivity contribution is -0.129. The Hall–Kier alpha value is -2.15. The number of terminal acetylenes is 1. The molecule has 0 aliphatic carbocycles. The van der Waals surface area contributed by atoms with Crippen LogP contribution in [0.4, 0.5) is 0 Å². The molecule has 1 amide bonds. The van der Waals surface area contributed by atoms with E-state index >= 15 is 0 Å². The molecule has 106 valence electrons. The molecule has 1 aliphatic rings. The van der Waals surface area contributed by atoms with Gasteiger partial charge in [0, 0.05) is 24.4 Å². The van der Waals surface area contributed by atoms with E-state index in [1.807, 2.05) is 30.0 Å². The molecule has 1 aromatic carbocycles. The fraction of sp³-hybridized carbons (Fsp3) is 0.438. The highest BCUT2D eigenvalue weighted by molar-refractivity contribution is 5.79. The summed E-state index contributed by atoms with van der Waals surface area (Å²) in [5, 5.41) is 0. The Morgan fingerprint density at radius 3 is 2.70 bits per heavy atom. The molecule has 0 aromatic heterocycles. The maximum absolute atomic E-state index is 12.1. The molecule has 1 heterocycles. The molecule has 0 spiro atoms. The van der Waals surface area contributed by atoms with Crippen LogP contribution in [0.2, 0.25) is 0 Å². The third-order valence-electron chi connectivity index (χ3n) is 3.75. The minimum Gasteiger partial charge on any atom is -0.497 e. The van der Waals surface area contributed by atoms with E-state index in [1.54, 1.807) is 14.2 Å². The zero-order chi connectivity index (χ0) is 14.7. The maximum atomic E-state index is 12.1. The summed E-state index contributed by atoms with van der Waals surface area (Å²) >= 11 is 0. The number of carbonyl (C=O) groups is 1. The fourth-order valence-electron chi connectivity index (χ4n) is 2.55. The van der Waals surface area contributed by atoms with Gasteiger partial charge in [-0.2, -0.15) is 0 Å². The Morgan fingerprint density at radius 1 is 1.40 bits per heavy atom. The number of likely N-dealkylation sites (tertiary alicyclic amines) is 1. The lowest BCUT2D eigenvalue weighted by atomic mass is 10.1. The topological polar surface area (TPSA) is 38.8 Å². The minimum atomic E-state index is -0.0918. The van der Waals surface area contributed by atoms with Gasteiger partial charge < -0.3 is 14.4 Å². The van der Waals surface area contributed by atoms with Crippen molar-refractivity contribution < 1.29 is 14.3 Å². The Balaban J connectivity index is 2.31. The molecule has 4 heteroatoms. The van der Waals surface area contributed by atoms with Gasteiger partial charge in [0.2, 0.25) is 5.91 Å². The second kappa shape index (κ2) is 5.87. The SMILES string of the molecule is C#CC1CC(=O)N(C(C)c2cc(OC)ccc2OC)C1. The van der Waals surface area contributed by atoms with Gasteiger partial charge in [-0.05, 0) is 25.1 Å². The van der Waals surface area contributed by atoms with Crippen LogP contribution in [0.5, 0.6) is 11.5 Å². The van der Waals surface area contributed by atoms with Crippen LogP contribution in [-0.2, 0) is 4.79 Å². The first-order valence-corrected chi connectivity index (χ1v) is 6.58. The molecule has 2 unspecified atom stereocenters. The molecule has 0 N–H and O–H groups in total. The predicted octanol–water partition coefficient (Wildman–Crippen LogP) is 2.25. The fourth-order valence-corrected chi connectivity index (χ4v) is 2.55. The number of benzene rings is 1. The summed E-state index contributed by atoms with van der Waals surface area (Å²) in [6.45, 7) is 2.57. The van der Waals surface area contributed by atoms with Crippen LogP contribution < -0.4 is 9.47 Å². The van der Waals surface area contributed by atoms with Crippen LogP contribution in [0, 0.1) is 18.3 Å². The molecule has 1 saturated heterocycles. The Labute approximate surface area is 119 Å². The molecule has 2 atom stereocenters. The van der Waals surface area contributed by atoms with Gasteiger partial charge in [0.15, 0.2) is 0 Å². The summed E-state index contributed by atoms with van der Waals surface area (Å²) in [7, 11) is 3.24. The highest BCUT2D eigenvalue weighted by Gasteiger charge is 2.33. The van der Waals surface area contributed by atoms with Gasteiger partial charge in [-0.3, -0.25) is 4.79 Å². The van der Waals surface area contributed by atoms with Crippen LogP contribution >= 0.6 is 0 Å². The van der Waals surface area contributed by atoms with Gasteiger partial charge in [-0.25, -0.2) is 0 Å². The van der Waals surface area contributed by atoms with Crippen molar-refractivity contribution in [3.63, 3.8) is 0 Å². The number of methoxy groups -OCH3 is 2. The van der Waals surface area contributed by atoms with Crippen molar-refractivity contribution in [2.24, 2.45) is 5.92 Å². The van der Waals surface area contributed by atoms with Crippen molar-refractivity contribution in [1.29, 1.82) is 0 Å². The Bertz CT molecular complexity index is 547. The number of hydrogen-bond donors (Lipinski definition) is 0. The van der Waals surface area contributed by atoms with E-state index in [-0.39, 0.29) is 17.9 Å². The van der Waals surface area contributed by atoms with Crippen LogP contribution in [0.1, 0.15) is 24.9 Å². The molecule has 2 rings (SSSR count). The number of rotatable bonds is 4. The second-order valence-corrected chi connectivity index (χ2v) is 4.90. The predicted molar refractivity (Wildman–Crippen MR) is 76.6 cm³/mol. The van der Waals surface area contributed by atoms with E-state index in [4.69, 9.17) is 15.9 Å². The van der Waals surface area contributed by atoms with Crippen LogP contribution in [0.25, 0.3) is 0 Å². The van der Waals surface area contributed by atoms with E-state index in [0.717, 1.165) is 17.1 Å². The molecule has 0 radical (unpaired) electrons. The molecule has 0 bridgehead atoms. The summed E-state index contributed by atoms with van der Waals surface area (Å²) in [5.74, 6) is 4.24. The smallest absolute Gasteiger partial charge is 0.224 e. The summed E-state index contributed by atoms with van der Waals surface area (Å²) in [5.41, 5.74) is 0.929. The number of nitrogens with zero attached hydrogens (tertiary/aromatic N) is 1. The van der Waals surface area contributed by atoms with Gasteiger partial charge in [0.1, 0.15) is 11.5 Å². The third kappa shape index (κ3) is 2.57. The van der Waals surface area contributed by atoms with E-state index in [1.165, 1.54) is 0 Å². The molecule has 20 heavy (non-hydrogen) atoms. The first-order valence-electron chi connectivity index (χ1n) is 6.58. The molecular formula is C16H19NO3. The van der Waals surface area contributed by atoms with Crippen molar-refractivity contribution in [3.8, 4) is 23.8 Å². The van der Waals surface area contributed by atoms with Gasteiger partial charge in [0.25, 0.3) is 0 Å². The Kier molecular flexibility index (Phi) is 4.19. The first kappa shape index (κ1) is 14.3. The highest BCUT2D eigenvalue weighted by Crippen LogP contribution is 2.35. The highest BCUT2D eigenvalue weighted by atomic mass is 16.5. The molecule has 4 nitrogen and oxygen atoms in total. The van der Waals surface area contributed by atoms with Crippen molar-refractivity contribution in [3.05, 3.63) is 23.8 Å². The first-order chi connectivity index (χ1) is 9.60. The van der Waals surface area contributed by atoms with Gasteiger partial charge in [-0.15, -0.1) is 12.3 Å². The quantitative estimate of drug-likeness (QED) is 0.790. The lowest BCUT2D eigenvalue weighted by Crippen LogP contribution is -2.28. The van der Waals surface area contributed by atoms with E-state index < -0.39 is 0 Å². The standard InChI is InChI=1S/C16H19NO3/c1-5-12-8-16(18)17(10-12)11(2)14-9-13(19-3)6-7-15(14)20-4/h1,6-7,9,11-12H,8,10H2,2-4H3. The average Bonchev–Trinajstić information content (AvgIpc) is 2.86. The largest absolute Gasteiger partial charge is 0.497 e. The maximum Gasteiger partial charge on any atom is 0.224 e. The van der Waals surface area contributed by atoms with Crippen molar-refractivity contribution in [1.82, 2.24) is 4.90 Å². The monoisotopic (exact) mass is 273 g/mol. The minimum absolute atomic E-state index is 0.00144. The molecule has 1 aromatic rings. The summed E-state index contributed by atoms with van der Waals surface area (Å²) in [6.07, 6.45) is 5.85. The summed E-state index contributed by atoms with van der Waals surface area (Å²) in [4.78, 5) is 13.9. The van der Waals surface area contributed by atoms with Crippen molar-refractivity contribution >= 4 is 5.91 Å². The average molecular weight is 273 g/mol. The zero-order valence-electron chi connectivity index (χ0n) is 12.1. The lowest BCUT2D eigenvalue weighted by Gasteiger charge is -2.26. The third-order valence-corrected chi connectivity index (χ3v) is 3.75. The zero-order valence-corrected chi connectivity index (χ0v) is 12.1. The molecule has 1 fully saturated rings. The van der Waals surface area contributed by atoms with Gasteiger partial charge in [0.05, 0.1) is 20.3 Å². The summed E-state index contributed by atoms with van der Waals surface area (Å²) in [6, 6.07) is 5.50. The van der Waals surface area contributed by atoms with E-state index in [2.05, 4.69) is 5.92 Å². The van der Waals surface area contributed by atoms with Crippen molar-refractivity contribution in [2.45, 2.75) is 19.4 Å². The van der Waals surface area contributed by atoms with Crippen molar-refractivity contribution in [2.75, 3.05) is 20.8 Å². The number of amides is 1. The molecule has 0 saturated carbocycles. The van der Waals surface area contributed by atoms with E-state index in [0.29, 0.717) is 13.0 Å². The van der Waals surface area contributed by atoms with Crippen LogP contribution in [0.15, 0.2) is 18.2 Å². The van der Waals surface area contributed by atoms with Gasteiger partial charge in [-0.1, -0.05) is 0 Å². The van der Waals surface area contributed by atoms with Crippen LogP contribution in [0.3, 0.4) is 0 Å². The summed E-state index contributed by atoms with van der Waals surface area (Å²) < 4.78 is 10.6. The molecule has 1 aliphatic heterocycles. The number of carbonyl (C=O) groups excluding carboxylic acids is 1. The number of hydrogen-bond acceptors (Lipinski definition) is 3. The van der Waals surface area contributed by atoms with Gasteiger partial charge >= 0.3 is 0 Å². The normalized spacial score (nSPS) is 19.6. The Morgan fingerprint density at radius 2 is 2.15 bits per heavy atom. The second-order valence-electron chi connectivity index (χ2n) is 4.90.